The molecule has 1 aromatic carbocycles. The van der Waals surface area contributed by atoms with Gasteiger partial charge in [0.15, 0.2) is 0 Å². The number of hydrogen-bond donors (Lipinski definition) is 2. The van der Waals surface area contributed by atoms with Crippen molar-refractivity contribution in [1.29, 1.82) is 0 Å². The highest BCUT2D eigenvalue weighted by Gasteiger charge is 2.10. The third-order valence-electron chi connectivity index (χ3n) is 3.63. The van der Waals surface area contributed by atoms with Crippen LogP contribution in [0.3, 0.4) is 0 Å². The maximum absolute atomic E-state index is 12.3. The van der Waals surface area contributed by atoms with Gasteiger partial charge in [-0.1, -0.05) is 12.1 Å². The maximum atomic E-state index is 12.3. The van der Waals surface area contributed by atoms with Gasteiger partial charge in [0.05, 0.1) is 29.6 Å². The van der Waals surface area contributed by atoms with Crippen LogP contribution in [-0.4, -0.2) is 30.4 Å². The molecule has 3 aromatic heterocycles. The minimum atomic E-state index is -0.252. The van der Waals surface area contributed by atoms with Gasteiger partial charge in [0.2, 0.25) is 0 Å². The number of carbonyl (C=O) groups is 1. The lowest BCUT2D eigenvalue weighted by atomic mass is 10.3. The second kappa shape index (κ2) is 5.96. The number of hydrogen-bond acceptors (Lipinski definition) is 4. The molecule has 24 heavy (non-hydrogen) atoms. The molecule has 0 atom stereocenters. The predicted octanol–water partition coefficient (Wildman–Crippen LogP) is 2.07. The molecule has 118 valence electrons. The summed E-state index contributed by atoms with van der Waals surface area (Å²) in [5.41, 5.74) is 3.00. The number of rotatable bonds is 4. The third-order valence-corrected chi connectivity index (χ3v) is 3.63. The molecular formula is C17H14N6O. The Kier molecular flexibility index (Phi) is 3.51. The average Bonchev–Trinajstić information content (AvgIpc) is 3.29. The Balaban J connectivity index is 1.49. The lowest BCUT2D eigenvalue weighted by Crippen LogP contribution is -2.24. The van der Waals surface area contributed by atoms with Gasteiger partial charge in [0.25, 0.3) is 5.91 Å². The van der Waals surface area contributed by atoms with Crippen LogP contribution >= 0.6 is 0 Å². The van der Waals surface area contributed by atoms with Crippen molar-refractivity contribution in [1.82, 2.24) is 29.8 Å². The van der Waals surface area contributed by atoms with E-state index in [1.165, 1.54) is 0 Å². The van der Waals surface area contributed by atoms with Gasteiger partial charge in [-0.3, -0.25) is 9.78 Å². The fraction of sp³-hybridized carbons (Fsp3) is 0.0588. The first-order valence-electron chi connectivity index (χ1n) is 7.46. The largest absolute Gasteiger partial charge is 0.343 e. The second-order valence-corrected chi connectivity index (χ2v) is 5.25. The van der Waals surface area contributed by atoms with Crippen molar-refractivity contribution >= 4 is 16.9 Å². The Bertz CT molecular complexity index is 956. The molecule has 0 bridgehead atoms. The number of imidazole rings is 2. The van der Waals surface area contributed by atoms with Crippen LogP contribution in [0.15, 0.2) is 61.3 Å². The van der Waals surface area contributed by atoms with Crippen LogP contribution in [0.2, 0.25) is 0 Å². The number of carbonyl (C=O) groups excluding carboxylic acids is 1. The molecule has 3 heterocycles. The molecule has 0 unspecified atom stereocenters. The molecule has 4 rings (SSSR count). The van der Waals surface area contributed by atoms with E-state index in [2.05, 4.69) is 25.3 Å². The molecule has 0 saturated heterocycles. The van der Waals surface area contributed by atoms with Crippen molar-refractivity contribution in [3.63, 3.8) is 0 Å². The first-order chi connectivity index (χ1) is 11.8. The van der Waals surface area contributed by atoms with Gasteiger partial charge in [-0.15, -0.1) is 0 Å². The third kappa shape index (κ3) is 2.74. The van der Waals surface area contributed by atoms with Gasteiger partial charge in [0, 0.05) is 18.6 Å². The molecule has 7 heteroatoms. The monoisotopic (exact) mass is 318 g/mol. The number of pyridine rings is 1. The zero-order chi connectivity index (χ0) is 16.4. The normalized spacial score (nSPS) is 10.8. The van der Waals surface area contributed by atoms with Crippen molar-refractivity contribution in [3.05, 3.63) is 72.8 Å². The molecular weight excluding hydrogens is 304 g/mol. The molecule has 0 aliphatic rings. The number of benzene rings is 1. The molecule has 0 radical (unpaired) electrons. The Labute approximate surface area is 137 Å². The smallest absolute Gasteiger partial charge is 0.270 e. The molecule has 0 aliphatic carbocycles. The van der Waals surface area contributed by atoms with Crippen LogP contribution < -0.4 is 5.32 Å². The number of para-hydroxylation sites is 2. The molecule has 0 spiro atoms. The number of aromatic nitrogens is 5. The van der Waals surface area contributed by atoms with Crippen LogP contribution in [0.5, 0.6) is 0 Å². The lowest BCUT2D eigenvalue weighted by Gasteiger charge is -2.05. The maximum Gasteiger partial charge on any atom is 0.270 e. The van der Waals surface area contributed by atoms with E-state index in [-0.39, 0.29) is 5.91 Å². The summed E-state index contributed by atoms with van der Waals surface area (Å²) in [6, 6.07) is 11.3. The van der Waals surface area contributed by atoms with Crippen molar-refractivity contribution < 1.29 is 4.79 Å². The Morgan fingerprint density at radius 2 is 2.12 bits per heavy atom. The quantitative estimate of drug-likeness (QED) is 0.603. The summed E-state index contributed by atoms with van der Waals surface area (Å²) in [7, 11) is 0. The summed E-state index contributed by atoms with van der Waals surface area (Å²) >= 11 is 0. The zero-order valence-corrected chi connectivity index (χ0v) is 12.7. The van der Waals surface area contributed by atoms with E-state index >= 15 is 0 Å². The van der Waals surface area contributed by atoms with Crippen LogP contribution in [0, 0.1) is 0 Å². The van der Waals surface area contributed by atoms with Crippen LogP contribution in [0.1, 0.15) is 16.3 Å². The summed E-state index contributed by atoms with van der Waals surface area (Å²) < 4.78 is 1.82. The summed E-state index contributed by atoms with van der Waals surface area (Å²) in [5, 5.41) is 2.83. The number of nitrogens with zero attached hydrogens (tertiary/aromatic N) is 4. The van der Waals surface area contributed by atoms with Crippen molar-refractivity contribution in [2.24, 2.45) is 0 Å². The molecule has 4 aromatic rings. The first kappa shape index (κ1) is 14.1. The minimum Gasteiger partial charge on any atom is -0.343 e. The molecule has 2 N–H and O–H groups in total. The van der Waals surface area contributed by atoms with Crippen LogP contribution in [0.25, 0.3) is 16.7 Å². The zero-order valence-electron chi connectivity index (χ0n) is 12.7. The van der Waals surface area contributed by atoms with Gasteiger partial charge < -0.3 is 14.9 Å². The van der Waals surface area contributed by atoms with E-state index in [0.717, 1.165) is 16.7 Å². The highest BCUT2D eigenvalue weighted by Crippen LogP contribution is 2.11. The highest BCUT2D eigenvalue weighted by atomic mass is 16.1. The van der Waals surface area contributed by atoms with E-state index < -0.39 is 0 Å². The molecule has 7 nitrogen and oxygen atoms in total. The van der Waals surface area contributed by atoms with Gasteiger partial charge in [-0.05, 0) is 24.3 Å². The summed E-state index contributed by atoms with van der Waals surface area (Å²) in [6.07, 6.45) is 6.77. The number of nitrogens with one attached hydrogen (secondary N) is 2. The fourth-order valence-corrected chi connectivity index (χ4v) is 2.46. The summed E-state index contributed by atoms with van der Waals surface area (Å²) in [6.45, 7) is 0.310. The van der Waals surface area contributed by atoms with E-state index in [9.17, 15) is 4.79 Å². The highest BCUT2D eigenvalue weighted by molar-refractivity contribution is 5.92. The number of fused-ring (bicyclic) bond motifs is 1. The van der Waals surface area contributed by atoms with E-state index in [1.807, 2.05) is 41.1 Å². The molecule has 1 amide bonds. The van der Waals surface area contributed by atoms with Crippen molar-refractivity contribution in [2.75, 3.05) is 0 Å². The Hall–Kier alpha value is -3.48. The van der Waals surface area contributed by atoms with Gasteiger partial charge in [-0.2, -0.15) is 0 Å². The van der Waals surface area contributed by atoms with Crippen molar-refractivity contribution in [2.45, 2.75) is 6.54 Å². The fourth-order valence-electron chi connectivity index (χ4n) is 2.46. The predicted molar refractivity (Wildman–Crippen MR) is 88.6 cm³/mol. The first-order valence-corrected chi connectivity index (χ1v) is 7.46. The van der Waals surface area contributed by atoms with Gasteiger partial charge >= 0.3 is 0 Å². The molecule has 0 saturated carbocycles. The minimum absolute atomic E-state index is 0.252. The summed E-state index contributed by atoms with van der Waals surface area (Å²) in [4.78, 5) is 28.1. The van der Waals surface area contributed by atoms with Gasteiger partial charge in [0.1, 0.15) is 11.5 Å². The second-order valence-electron chi connectivity index (χ2n) is 5.25. The standard InChI is InChI=1S/C17H14N6O/c24-17(15-9-12(5-6-19-15)23-8-7-18-11-23)20-10-16-21-13-3-1-2-4-14(13)22-16/h1-9,11H,10H2,(H,20,24)(H,21,22). The molecule has 0 fully saturated rings. The molecule has 0 aliphatic heterocycles. The van der Waals surface area contributed by atoms with E-state index in [1.54, 1.807) is 24.8 Å². The lowest BCUT2D eigenvalue weighted by molar-refractivity contribution is 0.0945. The SMILES string of the molecule is O=C(NCc1nc2ccccc2[nH]1)c1cc(-n2ccnc2)ccn1. The van der Waals surface area contributed by atoms with Gasteiger partial charge in [-0.25, -0.2) is 9.97 Å². The summed E-state index contributed by atoms with van der Waals surface area (Å²) in [5.74, 6) is 0.452. The average molecular weight is 318 g/mol. The Morgan fingerprint density at radius 3 is 2.96 bits per heavy atom. The van der Waals surface area contributed by atoms with Crippen LogP contribution in [-0.2, 0) is 6.54 Å². The topological polar surface area (TPSA) is 88.5 Å². The van der Waals surface area contributed by atoms with E-state index in [0.29, 0.717) is 18.1 Å². The number of H-pyrrole nitrogens is 1. The van der Waals surface area contributed by atoms with E-state index in [4.69, 9.17) is 0 Å². The number of aromatic amines is 1. The van der Waals surface area contributed by atoms with Crippen LogP contribution in [0.4, 0.5) is 0 Å². The van der Waals surface area contributed by atoms with Crippen molar-refractivity contribution in [3.8, 4) is 5.69 Å². The Morgan fingerprint density at radius 1 is 1.21 bits per heavy atom. The number of amides is 1.